The maximum absolute atomic E-state index is 10.7. The second-order valence-electron chi connectivity index (χ2n) is 4.97. The minimum Gasteiger partial charge on any atom is -0.314 e. The van der Waals surface area contributed by atoms with Crippen molar-refractivity contribution in [1.82, 2.24) is 5.32 Å². The first-order chi connectivity index (χ1) is 8.75. The lowest BCUT2D eigenvalue weighted by atomic mass is 10.0. The van der Waals surface area contributed by atoms with Gasteiger partial charge in [-0.25, -0.2) is 0 Å². The van der Waals surface area contributed by atoms with Gasteiger partial charge in [0.05, 0.1) is 4.92 Å². The highest BCUT2D eigenvalue weighted by Crippen LogP contribution is 2.17. The molecular formula is C14H20N2O2. The number of rotatable bonds is 4. The Bertz CT molecular complexity index is 399. The first-order valence-electron chi connectivity index (χ1n) is 6.72. The van der Waals surface area contributed by atoms with Crippen molar-refractivity contribution in [2.45, 2.75) is 44.6 Å². The zero-order valence-electron chi connectivity index (χ0n) is 10.6. The zero-order valence-corrected chi connectivity index (χ0v) is 10.6. The van der Waals surface area contributed by atoms with Crippen molar-refractivity contribution in [1.29, 1.82) is 0 Å². The van der Waals surface area contributed by atoms with Crippen LogP contribution in [0.5, 0.6) is 0 Å². The van der Waals surface area contributed by atoms with Crippen molar-refractivity contribution in [3.63, 3.8) is 0 Å². The monoisotopic (exact) mass is 248 g/mol. The van der Waals surface area contributed by atoms with Gasteiger partial charge in [-0.2, -0.15) is 0 Å². The van der Waals surface area contributed by atoms with Crippen molar-refractivity contribution in [3.8, 4) is 0 Å². The molecule has 1 aliphatic heterocycles. The predicted molar refractivity (Wildman–Crippen MR) is 71.7 cm³/mol. The lowest BCUT2D eigenvalue weighted by Gasteiger charge is -2.15. The van der Waals surface area contributed by atoms with E-state index in [0.29, 0.717) is 6.04 Å². The Kier molecular flexibility index (Phi) is 4.70. The summed E-state index contributed by atoms with van der Waals surface area (Å²) in [5, 5.41) is 14.3. The average Bonchev–Trinajstić information content (AvgIpc) is 2.65. The van der Waals surface area contributed by atoms with Crippen LogP contribution in [0.25, 0.3) is 0 Å². The second-order valence-corrected chi connectivity index (χ2v) is 4.97. The molecule has 4 heteroatoms. The Morgan fingerprint density at radius 3 is 3.06 bits per heavy atom. The number of nitrogens with zero attached hydrogens (tertiary/aromatic N) is 1. The van der Waals surface area contributed by atoms with Gasteiger partial charge in [-0.1, -0.05) is 25.0 Å². The molecule has 1 heterocycles. The molecule has 1 saturated heterocycles. The van der Waals surface area contributed by atoms with Gasteiger partial charge in [-0.05, 0) is 37.8 Å². The van der Waals surface area contributed by atoms with Crippen LogP contribution in [-0.2, 0) is 6.42 Å². The molecule has 98 valence electrons. The van der Waals surface area contributed by atoms with E-state index >= 15 is 0 Å². The van der Waals surface area contributed by atoms with E-state index in [0.717, 1.165) is 24.9 Å². The minimum absolute atomic E-state index is 0.196. The molecule has 1 N–H and O–H groups in total. The smallest absolute Gasteiger partial charge is 0.269 e. The largest absolute Gasteiger partial charge is 0.314 e. The molecule has 18 heavy (non-hydrogen) atoms. The molecule has 0 bridgehead atoms. The van der Waals surface area contributed by atoms with Gasteiger partial charge in [0.1, 0.15) is 0 Å². The van der Waals surface area contributed by atoms with Gasteiger partial charge in [0.15, 0.2) is 0 Å². The Morgan fingerprint density at radius 2 is 2.22 bits per heavy atom. The first kappa shape index (κ1) is 13.0. The molecule has 1 atom stereocenters. The number of nitrogens with one attached hydrogen (secondary N) is 1. The molecule has 0 aromatic heterocycles. The summed E-state index contributed by atoms with van der Waals surface area (Å²) in [5.41, 5.74) is 1.26. The molecule has 0 amide bonds. The third kappa shape index (κ3) is 3.81. The Hall–Kier alpha value is -1.42. The lowest BCUT2D eigenvalue weighted by molar-refractivity contribution is -0.384. The highest BCUT2D eigenvalue weighted by atomic mass is 16.6. The number of hydrogen-bond acceptors (Lipinski definition) is 3. The molecule has 0 spiro atoms. The van der Waals surface area contributed by atoms with Crippen LogP contribution < -0.4 is 5.32 Å². The Morgan fingerprint density at radius 1 is 1.33 bits per heavy atom. The van der Waals surface area contributed by atoms with E-state index in [4.69, 9.17) is 0 Å². The number of hydrogen-bond donors (Lipinski definition) is 1. The summed E-state index contributed by atoms with van der Waals surface area (Å²) in [6.07, 6.45) is 7.11. The van der Waals surface area contributed by atoms with E-state index in [2.05, 4.69) is 5.32 Å². The van der Waals surface area contributed by atoms with Crippen molar-refractivity contribution < 1.29 is 4.92 Å². The van der Waals surface area contributed by atoms with Crippen LogP contribution in [0.4, 0.5) is 5.69 Å². The summed E-state index contributed by atoms with van der Waals surface area (Å²) in [7, 11) is 0. The predicted octanol–water partition coefficient (Wildman–Crippen LogP) is 3.06. The molecule has 1 unspecified atom stereocenters. The fraction of sp³-hybridized carbons (Fsp3) is 0.571. The molecule has 1 fully saturated rings. The molecule has 0 saturated carbocycles. The van der Waals surface area contributed by atoms with Gasteiger partial charge in [0.2, 0.25) is 0 Å². The van der Waals surface area contributed by atoms with Crippen molar-refractivity contribution in [3.05, 3.63) is 39.9 Å². The van der Waals surface area contributed by atoms with E-state index < -0.39 is 0 Å². The van der Waals surface area contributed by atoms with Gasteiger partial charge in [0, 0.05) is 18.2 Å². The van der Waals surface area contributed by atoms with Crippen LogP contribution in [-0.4, -0.2) is 17.5 Å². The fourth-order valence-electron chi connectivity index (χ4n) is 2.51. The van der Waals surface area contributed by atoms with Crippen LogP contribution in [0.2, 0.25) is 0 Å². The van der Waals surface area contributed by atoms with Crippen molar-refractivity contribution in [2.75, 3.05) is 6.54 Å². The summed E-state index contributed by atoms with van der Waals surface area (Å²) < 4.78 is 0. The molecule has 1 aromatic carbocycles. The normalized spacial score (nSPS) is 20.3. The Labute approximate surface area is 108 Å². The SMILES string of the molecule is O=[N+]([O-])c1cccc(CCC2CCCCCN2)c1. The fourth-order valence-corrected chi connectivity index (χ4v) is 2.51. The summed E-state index contributed by atoms with van der Waals surface area (Å²) in [6.45, 7) is 1.11. The third-order valence-corrected chi connectivity index (χ3v) is 3.57. The summed E-state index contributed by atoms with van der Waals surface area (Å²) in [4.78, 5) is 10.4. The number of aryl methyl sites for hydroxylation is 1. The molecular weight excluding hydrogens is 228 g/mol. The van der Waals surface area contributed by atoms with E-state index in [9.17, 15) is 10.1 Å². The van der Waals surface area contributed by atoms with Crippen molar-refractivity contribution >= 4 is 5.69 Å². The highest BCUT2D eigenvalue weighted by molar-refractivity contribution is 5.34. The summed E-state index contributed by atoms with van der Waals surface area (Å²) in [6, 6.07) is 7.56. The van der Waals surface area contributed by atoms with Gasteiger partial charge < -0.3 is 5.32 Å². The Balaban J connectivity index is 1.88. The molecule has 1 aliphatic rings. The van der Waals surface area contributed by atoms with Crippen LogP contribution in [0, 0.1) is 10.1 Å². The van der Waals surface area contributed by atoms with Gasteiger partial charge in [0.25, 0.3) is 5.69 Å². The summed E-state index contributed by atoms with van der Waals surface area (Å²) in [5.74, 6) is 0. The quantitative estimate of drug-likeness (QED) is 0.658. The van der Waals surface area contributed by atoms with Crippen molar-refractivity contribution in [2.24, 2.45) is 0 Å². The summed E-state index contributed by atoms with van der Waals surface area (Å²) >= 11 is 0. The maximum atomic E-state index is 10.7. The van der Waals surface area contributed by atoms with Gasteiger partial charge in [-0.15, -0.1) is 0 Å². The molecule has 2 rings (SSSR count). The van der Waals surface area contributed by atoms with Crippen LogP contribution in [0.15, 0.2) is 24.3 Å². The topological polar surface area (TPSA) is 55.2 Å². The average molecular weight is 248 g/mol. The first-order valence-corrected chi connectivity index (χ1v) is 6.72. The van der Waals surface area contributed by atoms with Crippen LogP contribution in [0.1, 0.15) is 37.7 Å². The molecule has 0 aliphatic carbocycles. The number of benzene rings is 1. The van der Waals surface area contributed by atoms with Crippen LogP contribution >= 0.6 is 0 Å². The molecule has 4 nitrogen and oxygen atoms in total. The molecule has 1 aromatic rings. The van der Waals surface area contributed by atoms with E-state index in [-0.39, 0.29) is 10.6 Å². The standard InChI is InChI=1S/C14H20N2O2/c17-16(18)14-7-4-5-12(11-14)8-9-13-6-2-1-3-10-15-13/h4-5,7,11,13,15H,1-3,6,8-10H2. The molecule has 0 radical (unpaired) electrons. The lowest BCUT2D eigenvalue weighted by Crippen LogP contribution is -2.28. The minimum atomic E-state index is -0.326. The second kappa shape index (κ2) is 6.50. The maximum Gasteiger partial charge on any atom is 0.269 e. The van der Waals surface area contributed by atoms with E-state index in [1.807, 2.05) is 6.07 Å². The van der Waals surface area contributed by atoms with E-state index in [1.54, 1.807) is 18.2 Å². The number of nitro groups is 1. The third-order valence-electron chi connectivity index (χ3n) is 3.57. The highest BCUT2D eigenvalue weighted by Gasteiger charge is 2.12. The van der Waals surface area contributed by atoms with E-state index in [1.165, 1.54) is 25.7 Å². The number of non-ortho nitro benzene ring substituents is 1. The number of nitro benzene ring substituents is 1. The zero-order chi connectivity index (χ0) is 12.8. The van der Waals surface area contributed by atoms with Crippen LogP contribution in [0.3, 0.4) is 0 Å². The van der Waals surface area contributed by atoms with Gasteiger partial charge in [-0.3, -0.25) is 10.1 Å². The van der Waals surface area contributed by atoms with Gasteiger partial charge >= 0.3 is 0 Å².